The fourth-order valence-corrected chi connectivity index (χ4v) is 6.31. The summed E-state index contributed by atoms with van der Waals surface area (Å²) in [5.74, 6) is -5.67. The van der Waals surface area contributed by atoms with E-state index in [1.165, 1.54) is 25.0 Å². The van der Waals surface area contributed by atoms with Gasteiger partial charge in [-0.05, 0) is 72.6 Å². The average Bonchev–Trinajstić information content (AvgIpc) is 2.86. The summed E-state index contributed by atoms with van der Waals surface area (Å²) in [4.78, 5) is 0. The Morgan fingerprint density at radius 2 is 1.50 bits per heavy atom. The third-order valence-corrected chi connectivity index (χ3v) is 8.41. The maximum atomic E-state index is 15.2. The second-order valence-corrected chi connectivity index (χ2v) is 11.1. The van der Waals surface area contributed by atoms with Crippen LogP contribution in [0.2, 0.25) is 0 Å². The molecule has 2 atom stereocenters. The first kappa shape index (κ1) is 27.0. The molecule has 0 amide bonds. The van der Waals surface area contributed by atoms with E-state index < -0.39 is 35.8 Å². The van der Waals surface area contributed by atoms with Gasteiger partial charge in [-0.3, -0.25) is 0 Å². The Bertz CT molecular complexity index is 979. The molecule has 5 heteroatoms. The summed E-state index contributed by atoms with van der Waals surface area (Å²) in [7, 11) is 0. The van der Waals surface area contributed by atoms with Crippen LogP contribution in [-0.4, -0.2) is 12.5 Å². The third-order valence-electron chi connectivity index (χ3n) is 8.41. The monoisotopic (exact) mass is 504 g/mol. The van der Waals surface area contributed by atoms with Gasteiger partial charge in [0, 0.05) is 12.3 Å². The number of ether oxygens (including phenoxy) is 1. The first-order valence-corrected chi connectivity index (χ1v) is 13.9. The SMILES string of the molecule is CCCc1ccc(C2CCC(c3ccc(OCC4CCC(CCC)CC4)c(F)c3F)CC2(F)F)cc1. The molecule has 0 heterocycles. The van der Waals surface area contributed by atoms with Crippen molar-refractivity contribution < 1.29 is 22.3 Å². The molecule has 2 saturated carbocycles. The van der Waals surface area contributed by atoms with Gasteiger partial charge >= 0.3 is 0 Å². The van der Waals surface area contributed by atoms with Crippen molar-refractivity contribution in [2.75, 3.05) is 6.61 Å². The average molecular weight is 505 g/mol. The van der Waals surface area contributed by atoms with Gasteiger partial charge in [-0.25, -0.2) is 13.2 Å². The highest BCUT2D eigenvalue weighted by Crippen LogP contribution is 2.50. The number of alkyl halides is 2. The number of rotatable bonds is 9. The van der Waals surface area contributed by atoms with E-state index in [0.717, 1.165) is 50.0 Å². The minimum absolute atomic E-state index is 0.0383. The van der Waals surface area contributed by atoms with Crippen molar-refractivity contribution in [3.05, 3.63) is 64.7 Å². The van der Waals surface area contributed by atoms with Gasteiger partial charge in [-0.2, -0.15) is 4.39 Å². The molecule has 4 rings (SSSR count). The molecule has 0 N–H and O–H groups in total. The molecule has 2 aromatic carbocycles. The van der Waals surface area contributed by atoms with Crippen molar-refractivity contribution in [3.63, 3.8) is 0 Å². The number of aryl methyl sites for hydroxylation is 1. The van der Waals surface area contributed by atoms with E-state index in [0.29, 0.717) is 24.5 Å². The van der Waals surface area contributed by atoms with E-state index >= 15 is 13.2 Å². The predicted molar refractivity (Wildman–Crippen MR) is 137 cm³/mol. The van der Waals surface area contributed by atoms with Gasteiger partial charge in [0.2, 0.25) is 5.82 Å². The number of hydrogen-bond acceptors (Lipinski definition) is 1. The molecule has 0 spiro atoms. The molecule has 0 saturated heterocycles. The summed E-state index contributed by atoms with van der Waals surface area (Å²) >= 11 is 0. The highest BCUT2D eigenvalue weighted by molar-refractivity contribution is 5.35. The van der Waals surface area contributed by atoms with Crippen LogP contribution in [0, 0.1) is 23.5 Å². The summed E-state index contributed by atoms with van der Waals surface area (Å²) in [6.07, 6.45) is 8.96. The van der Waals surface area contributed by atoms with E-state index in [9.17, 15) is 4.39 Å². The zero-order chi connectivity index (χ0) is 25.7. The summed E-state index contributed by atoms with van der Waals surface area (Å²) < 4.78 is 66.0. The van der Waals surface area contributed by atoms with Crippen molar-refractivity contribution in [1.29, 1.82) is 0 Å². The van der Waals surface area contributed by atoms with Crippen LogP contribution in [0.4, 0.5) is 17.6 Å². The molecule has 2 aliphatic carbocycles. The van der Waals surface area contributed by atoms with E-state index in [4.69, 9.17) is 4.74 Å². The first-order chi connectivity index (χ1) is 17.3. The summed E-state index contributed by atoms with van der Waals surface area (Å²) in [5.41, 5.74) is 1.80. The molecule has 0 bridgehead atoms. The predicted octanol–water partition coefficient (Wildman–Crippen LogP) is 9.59. The van der Waals surface area contributed by atoms with Gasteiger partial charge in [-0.15, -0.1) is 0 Å². The van der Waals surface area contributed by atoms with Gasteiger partial charge in [0.15, 0.2) is 11.6 Å². The maximum absolute atomic E-state index is 15.2. The lowest BCUT2D eigenvalue weighted by molar-refractivity contribution is -0.0618. The van der Waals surface area contributed by atoms with E-state index in [1.807, 2.05) is 12.1 Å². The topological polar surface area (TPSA) is 9.23 Å². The standard InChI is InChI=1S/C31H40F4O/c1-3-5-21-7-9-23(10-8-21)20-36-28-18-16-26(29(32)30(28)33)25-15-17-27(31(34,35)19-25)24-13-11-22(6-4-2)12-14-24/h11-14,16,18,21,23,25,27H,3-10,15,17,19-20H2,1-2H3. The van der Waals surface area contributed by atoms with Crippen LogP contribution in [0.15, 0.2) is 36.4 Å². The van der Waals surface area contributed by atoms with Crippen molar-refractivity contribution in [1.82, 2.24) is 0 Å². The van der Waals surface area contributed by atoms with Crippen molar-refractivity contribution in [2.24, 2.45) is 11.8 Å². The lowest BCUT2D eigenvalue weighted by atomic mass is 9.73. The molecule has 0 aromatic heterocycles. The minimum atomic E-state index is -2.98. The van der Waals surface area contributed by atoms with Crippen LogP contribution < -0.4 is 4.74 Å². The lowest BCUT2D eigenvalue weighted by Gasteiger charge is -2.36. The van der Waals surface area contributed by atoms with Gasteiger partial charge in [0.1, 0.15) is 0 Å². The van der Waals surface area contributed by atoms with E-state index in [1.54, 1.807) is 12.1 Å². The zero-order valence-corrected chi connectivity index (χ0v) is 21.7. The lowest BCUT2D eigenvalue weighted by Crippen LogP contribution is -2.33. The first-order valence-electron chi connectivity index (χ1n) is 13.9. The van der Waals surface area contributed by atoms with Gasteiger partial charge in [0.05, 0.1) is 6.61 Å². The third kappa shape index (κ3) is 6.26. The zero-order valence-electron chi connectivity index (χ0n) is 21.7. The molecule has 2 fully saturated rings. The van der Waals surface area contributed by atoms with Crippen molar-refractivity contribution >= 4 is 0 Å². The Kier molecular flexibility index (Phi) is 9.00. The Morgan fingerprint density at radius 3 is 2.14 bits per heavy atom. The van der Waals surface area contributed by atoms with Crippen LogP contribution in [0.3, 0.4) is 0 Å². The minimum Gasteiger partial charge on any atom is -0.490 e. The fraction of sp³-hybridized carbons (Fsp3) is 0.613. The number of hydrogen-bond donors (Lipinski definition) is 0. The highest BCUT2D eigenvalue weighted by Gasteiger charge is 2.46. The Balaban J connectivity index is 1.38. The number of halogens is 4. The smallest absolute Gasteiger partial charge is 0.255 e. The summed E-state index contributed by atoms with van der Waals surface area (Å²) in [6.45, 7) is 4.66. The molecule has 0 radical (unpaired) electrons. The molecule has 1 nitrogen and oxygen atoms in total. The van der Waals surface area contributed by atoms with Gasteiger partial charge in [-0.1, -0.05) is 76.3 Å². The molecular formula is C31H40F4O. The van der Waals surface area contributed by atoms with Crippen LogP contribution in [0.5, 0.6) is 5.75 Å². The Morgan fingerprint density at radius 1 is 0.806 bits per heavy atom. The van der Waals surface area contributed by atoms with Gasteiger partial charge < -0.3 is 4.74 Å². The molecule has 36 heavy (non-hydrogen) atoms. The molecule has 0 aliphatic heterocycles. The molecule has 198 valence electrons. The fourth-order valence-electron chi connectivity index (χ4n) is 6.31. The number of benzene rings is 2. The highest BCUT2D eigenvalue weighted by atomic mass is 19.3. The van der Waals surface area contributed by atoms with Crippen LogP contribution in [0.25, 0.3) is 0 Å². The molecular weight excluding hydrogens is 464 g/mol. The van der Waals surface area contributed by atoms with E-state index in [-0.39, 0.29) is 17.7 Å². The second-order valence-electron chi connectivity index (χ2n) is 11.1. The van der Waals surface area contributed by atoms with Crippen molar-refractivity contribution in [2.45, 2.75) is 102 Å². The normalized spacial score (nSPS) is 26.1. The summed E-state index contributed by atoms with van der Waals surface area (Å²) in [5, 5.41) is 0. The van der Waals surface area contributed by atoms with E-state index in [2.05, 4.69) is 13.8 Å². The maximum Gasteiger partial charge on any atom is 0.255 e. The molecule has 2 aliphatic rings. The largest absolute Gasteiger partial charge is 0.490 e. The van der Waals surface area contributed by atoms with Gasteiger partial charge in [0.25, 0.3) is 5.92 Å². The summed E-state index contributed by atoms with van der Waals surface area (Å²) in [6, 6.07) is 10.3. The van der Waals surface area contributed by atoms with Crippen molar-refractivity contribution in [3.8, 4) is 5.75 Å². The van der Waals surface area contributed by atoms with Crippen LogP contribution >= 0.6 is 0 Å². The Hall–Kier alpha value is -2.04. The van der Waals surface area contributed by atoms with Crippen LogP contribution in [-0.2, 0) is 6.42 Å². The Labute approximate surface area is 213 Å². The van der Waals surface area contributed by atoms with Crippen LogP contribution in [0.1, 0.15) is 107 Å². The molecule has 2 unspecified atom stereocenters. The quantitative estimate of drug-likeness (QED) is 0.309. The second kappa shape index (κ2) is 12.0. The molecule has 2 aromatic rings.